The van der Waals surface area contributed by atoms with E-state index in [-0.39, 0.29) is 5.41 Å². The zero-order chi connectivity index (χ0) is 15.9. The van der Waals surface area contributed by atoms with Crippen LogP contribution in [0.1, 0.15) is 47.6 Å². The second-order valence-electron chi connectivity index (χ2n) is 6.81. The molecule has 1 N–H and O–H groups in total. The molecule has 0 saturated heterocycles. The maximum atomic E-state index is 11.9. The van der Waals surface area contributed by atoms with E-state index < -0.39 is 5.97 Å². The highest BCUT2D eigenvalue weighted by Crippen LogP contribution is 2.37. The molecule has 0 amide bonds. The van der Waals surface area contributed by atoms with E-state index in [1.165, 1.54) is 0 Å². The first-order valence-electron chi connectivity index (χ1n) is 7.85. The first-order valence-corrected chi connectivity index (χ1v) is 7.85. The van der Waals surface area contributed by atoms with Gasteiger partial charge in [0.2, 0.25) is 0 Å². The van der Waals surface area contributed by atoms with Gasteiger partial charge in [-0.25, -0.2) is 9.48 Å². The molecule has 2 aromatic rings. The van der Waals surface area contributed by atoms with E-state index in [0.717, 1.165) is 48.1 Å². The summed E-state index contributed by atoms with van der Waals surface area (Å²) in [6.45, 7) is 4.39. The van der Waals surface area contributed by atoms with E-state index in [9.17, 15) is 9.90 Å². The summed E-state index contributed by atoms with van der Waals surface area (Å²) in [6.07, 6.45) is 3.53. The number of carbonyl (C=O) groups is 1. The molecule has 1 aromatic carbocycles. The van der Waals surface area contributed by atoms with Gasteiger partial charge in [0.25, 0.3) is 0 Å². The number of hydrogen-bond donors (Lipinski definition) is 1. The van der Waals surface area contributed by atoms with Crippen LogP contribution in [-0.2, 0) is 19.2 Å². The van der Waals surface area contributed by atoms with Crippen molar-refractivity contribution in [3.63, 3.8) is 0 Å². The van der Waals surface area contributed by atoms with Crippen LogP contribution in [0, 0.1) is 5.41 Å². The molecule has 1 aromatic heterocycles. The summed E-state index contributed by atoms with van der Waals surface area (Å²) < 4.78 is 1.65. The Balaban J connectivity index is 2.21. The minimum atomic E-state index is -0.891. The number of carboxylic acid groups (broad SMARTS) is 1. The monoisotopic (exact) mass is 296 g/mol. The second-order valence-corrected chi connectivity index (χ2v) is 6.81. The van der Waals surface area contributed by atoms with Gasteiger partial charge in [0, 0.05) is 5.56 Å². The van der Waals surface area contributed by atoms with Crippen molar-refractivity contribution >= 4 is 13.8 Å². The fourth-order valence-electron chi connectivity index (χ4n) is 3.32. The molecular formula is C17H21BN2O2. The molecule has 0 radical (unpaired) electrons. The lowest BCUT2D eigenvalue weighted by Gasteiger charge is -2.28. The van der Waals surface area contributed by atoms with E-state index in [1.807, 2.05) is 24.3 Å². The molecule has 3 rings (SSSR count). The zero-order valence-corrected chi connectivity index (χ0v) is 13.4. The highest BCUT2D eigenvalue weighted by atomic mass is 16.4. The number of aromatic nitrogens is 2. The Bertz CT molecular complexity index is 734. The van der Waals surface area contributed by atoms with Gasteiger partial charge in [-0.2, -0.15) is 5.10 Å². The summed E-state index contributed by atoms with van der Waals surface area (Å²) in [5.74, 6) is -0.891. The SMILES string of the molecule is BCc1ccccc1-n1nc2c(c1C(=O)O)CC(C)(C)CC2. The lowest BCUT2D eigenvalue weighted by atomic mass is 9.76. The summed E-state index contributed by atoms with van der Waals surface area (Å²) in [5.41, 5.74) is 4.33. The van der Waals surface area contributed by atoms with Crippen molar-refractivity contribution in [2.75, 3.05) is 0 Å². The molecular weight excluding hydrogens is 275 g/mol. The van der Waals surface area contributed by atoms with Crippen LogP contribution >= 0.6 is 0 Å². The average molecular weight is 296 g/mol. The fourth-order valence-corrected chi connectivity index (χ4v) is 3.32. The van der Waals surface area contributed by atoms with Gasteiger partial charge >= 0.3 is 5.97 Å². The number of hydrogen-bond acceptors (Lipinski definition) is 2. The topological polar surface area (TPSA) is 55.1 Å². The normalized spacial score (nSPS) is 16.3. The number of para-hydroxylation sites is 1. The molecule has 1 aliphatic rings. The van der Waals surface area contributed by atoms with Crippen LogP contribution in [0.2, 0.25) is 0 Å². The van der Waals surface area contributed by atoms with Gasteiger partial charge < -0.3 is 5.11 Å². The number of nitrogens with zero attached hydrogens (tertiary/aromatic N) is 2. The lowest BCUT2D eigenvalue weighted by Crippen LogP contribution is -2.23. The van der Waals surface area contributed by atoms with Gasteiger partial charge in [-0.15, -0.1) is 0 Å². The quantitative estimate of drug-likeness (QED) is 0.884. The molecule has 0 atom stereocenters. The number of aryl methyl sites for hydroxylation is 1. The lowest BCUT2D eigenvalue weighted by molar-refractivity contribution is 0.0685. The number of carboxylic acids is 1. The van der Waals surface area contributed by atoms with E-state index in [0.29, 0.717) is 5.69 Å². The first kappa shape index (κ1) is 14.9. The Morgan fingerprint density at radius 3 is 2.82 bits per heavy atom. The van der Waals surface area contributed by atoms with Crippen molar-refractivity contribution in [1.82, 2.24) is 9.78 Å². The standard InChI is InChI=1S/C17H21BN2O2/c1-17(2)8-7-13-12(9-17)15(16(21)22)20(19-13)14-6-4-3-5-11(14)10-18/h3-6H,7-10,18H2,1-2H3,(H,21,22). The molecule has 4 nitrogen and oxygen atoms in total. The predicted molar refractivity (Wildman–Crippen MR) is 88.6 cm³/mol. The van der Waals surface area contributed by atoms with Crippen LogP contribution in [0.5, 0.6) is 0 Å². The van der Waals surface area contributed by atoms with E-state index >= 15 is 0 Å². The minimum absolute atomic E-state index is 0.134. The van der Waals surface area contributed by atoms with Crippen molar-refractivity contribution in [3.05, 3.63) is 46.8 Å². The molecule has 5 heteroatoms. The molecule has 0 aliphatic heterocycles. The van der Waals surface area contributed by atoms with Crippen LogP contribution in [0.25, 0.3) is 5.69 Å². The van der Waals surface area contributed by atoms with Crippen LogP contribution in [0.4, 0.5) is 0 Å². The van der Waals surface area contributed by atoms with Gasteiger partial charge in [-0.3, -0.25) is 0 Å². The highest BCUT2D eigenvalue weighted by molar-refractivity contribution is 6.08. The van der Waals surface area contributed by atoms with E-state index in [1.54, 1.807) is 4.68 Å². The van der Waals surface area contributed by atoms with Gasteiger partial charge in [0.15, 0.2) is 5.69 Å². The summed E-state index contributed by atoms with van der Waals surface area (Å²) in [4.78, 5) is 11.9. The summed E-state index contributed by atoms with van der Waals surface area (Å²) in [5, 5.41) is 14.4. The van der Waals surface area contributed by atoms with Crippen molar-refractivity contribution in [3.8, 4) is 5.69 Å². The van der Waals surface area contributed by atoms with E-state index in [4.69, 9.17) is 0 Å². The molecule has 22 heavy (non-hydrogen) atoms. The van der Waals surface area contributed by atoms with Crippen LogP contribution in [0.15, 0.2) is 24.3 Å². The molecule has 0 unspecified atom stereocenters. The Labute approximate surface area is 131 Å². The van der Waals surface area contributed by atoms with Gasteiger partial charge in [-0.1, -0.05) is 38.4 Å². The summed E-state index contributed by atoms with van der Waals surface area (Å²) in [7, 11) is 2.08. The summed E-state index contributed by atoms with van der Waals surface area (Å²) in [6, 6.07) is 7.90. The molecule has 1 heterocycles. The number of aromatic carboxylic acids is 1. The average Bonchev–Trinajstić information content (AvgIpc) is 2.84. The third-order valence-electron chi connectivity index (χ3n) is 4.56. The highest BCUT2D eigenvalue weighted by Gasteiger charge is 2.33. The Hall–Kier alpha value is -2.04. The van der Waals surface area contributed by atoms with Crippen LogP contribution in [-0.4, -0.2) is 28.7 Å². The van der Waals surface area contributed by atoms with Gasteiger partial charge in [0.1, 0.15) is 7.85 Å². The van der Waals surface area contributed by atoms with Crippen molar-refractivity contribution in [2.24, 2.45) is 5.41 Å². The van der Waals surface area contributed by atoms with Crippen LogP contribution < -0.4 is 0 Å². The predicted octanol–water partition coefficient (Wildman–Crippen LogP) is 2.22. The van der Waals surface area contributed by atoms with Crippen LogP contribution in [0.3, 0.4) is 0 Å². The van der Waals surface area contributed by atoms with Crippen molar-refractivity contribution in [2.45, 2.75) is 39.4 Å². The molecule has 0 fully saturated rings. The zero-order valence-electron chi connectivity index (χ0n) is 13.4. The Kier molecular flexibility index (Phi) is 3.59. The smallest absolute Gasteiger partial charge is 0.354 e. The molecule has 114 valence electrons. The largest absolute Gasteiger partial charge is 0.476 e. The minimum Gasteiger partial charge on any atom is -0.476 e. The fraction of sp³-hybridized carbons (Fsp3) is 0.412. The van der Waals surface area contributed by atoms with E-state index in [2.05, 4.69) is 26.8 Å². The number of rotatable bonds is 3. The molecule has 1 aliphatic carbocycles. The second kappa shape index (κ2) is 5.31. The van der Waals surface area contributed by atoms with Crippen molar-refractivity contribution in [1.29, 1.82) is 0 Å². The third-order valence-corrected chi connectivity index (χ3v) is 4.56. The number of benzene rings is 1. The molecule has 0 bridgehead atoms. The molecule has 0 spiro atoms. The summed E-state index contributed by atoms with van der Waals surface area (Å²) >= 11 is 0. The maximum Gasteiger partial charge on any atom is 0.354 e. The maximum absolute atomic E-state index is 11.9. The third kappa shape index (κ3) is 2.45. The van der Waals surface area contributed by atoms with Gasteiger partial charge in [0.05, 0.1) is 11.4 Å². The van der Waals surface area contributed by atoms with Crippen molar-refractivity contribution < 1.29 is 9.90 Å². The number of fused-ring (bicyclic) bond motifs is 1. The molecule has 0 saturated carbocycles. The Morgan fingerprint density at radius 1 is 1.41 bits per heavy atom. The Morgan fingerprint density at radius 2 is 2.14 bits per heavy atom. The first-order chi connectivity index (χ1) is 10.4. The van der Waals surface area contributed by atoms with Gasteiger partial charge in [-0.05, 0) is 36.3 Å².